The lowest BCUT2D eigenvalue weighted by atomic mass is 9.88. The topological polar surface area (TPSA) is 44.9 Å². The van der Waals surface area contributed by atoms with Crippen LogP contribution in [0.1, 0.15) is 52.9 Å². The quantitative estimate of drug-likeness (QED) is 0.734. The van der Waals surface area contributed by atoms with Crippen LogP contribution in [0.4, 0.5) is 0 Å². The molecule has 0 bridgehead atoms. The molecule has 1 heterocycles. The highest BCUT2D eigenvalue weighted by molar-refractivity contribution is 5.84. The number of nitrogens with two attached hydrogens (primary N) is 1. The van der Waals surface area contributed by atoms with Gasteiger partial charge in [0.05, 0.1) is 0 Å². The first-order valence-electron chi connectivity index (χ1n) is 8.33. The maximum Gasteiger partial charge on any atom is 0.196 e. The monoisotopic (exact) mass is 292 g/mol. The van der Waals surface area contributed by atoms with Gasteiger partial charge in [-0.05, 0) is 71.2 Å². The Morgan fingerprint density at radius 2 is 1.95 bits per heavy atom. The van der Waals surface area contributed by atoms with Gasteiger partial charge in [0.15, 0.2) is 5.96 Å². The van der Waals surface area contributed by atoms with Gasteiger partial charge in [-0.1, -0.05) is 13.8 Å². The van der Waals surface area contributed by atoms with E-state index >= 15 is 0 Å². The van der Waals surface area contributed by atoms with E-state index in [4.69, 9.17) is 10.7 Å². The van der Waals surface area contributed by atoms with Gasteiger partial charge in [-0.3, -0.25) is 0 Å². The molecule has 1 aliphatic carbocycles. The van der Waals surface area contributed by atoms with E-state index in [9.17, 15) is 0 Å². The molecule has 21 heavy (non-hydrogen) atoms. The van der Waals surface area contributed by atoms with Gasteiger partial charge in [0.1, 0.15) is 5.54 Å². The summed E-state index contributed by atoms with van der Waals surface area (Å²) in [4.78, 5) is 9.40. The lowest BCUT2D eigenvalue weighted by Crippen LogP contribution is -2.36. The van der Waals surface area contributed by atoms with Crippen molar-refractivity contribution < 1.29 is 0 Å². The van der Waals surface area contributed by atoms with Gasteiger partial charge in [-0.2, -0.15) is 0 Å². The number of hydrogen-bond donors (Lipinski definition) is 1. The number of unbranched alkanes of at least 4 members (excludes halogenated alkanes) is 1. The van der Waals surface area contributed by atoms with Crippen molar-refractivity contribution in [3.8, 4) is 0 Å². The van der Waals surface area contributed by atoms with Gasteiger partial charge in [0.2, 0.25) is 0 Å². The molecule has 0 aromatic carbocycles. The molecule has 0 saturated heterocycles. The van der Waals surface area contributed by atoms with Gasteiger partial charge >= 0.3 is 0 Å². The first-order valence-corrected chi connectivity index (χ1v) is 8.33. The van der Waals surface area contributed by atoms with Crippen LogP contribution in [0.15, 0.2) is 16.3 Å². The minimum absolute atomic E-state index is 0.0916. The maximum absolute atomic E-state index is 6.26. The van der Waals surface area contributed by atoms with Crippen LogP contribution in [0.5, 0.6) is 0 Å². The average molecular weight is 292 g/mol. The Morgan fingerprint density at radius 3 is 2.48 bits per heavy atom. The molecule has 1 aliphatic heterocycles. The van der Waals surface area contributed by atoms with Crippen molar-refractivity contribution in [2.75, 3.05) is 27.2 Å². The number of aliphatic imine (C=N–C) groups is 1. The Bertz CT molecular complexity index is 430. The van der Waals surface area contributed by atoms with Gasteiger partial charge < -0.3 is 15.5 Å². The fourth-order valence-electron chi connectivity index (χ4n) is 3.50. The summed E-state index contributed by atoms with van der Waals surface area (Å²) in [6, 6.07) is 0. The lowest BCUT2D eigenvalue weighted by Gasteiger charge is -2.29. The van der Waals surface area contributed by atoms with Crippen molar-refractivity contribution >= 4 is 5.96 Å². The van der Waals surface area contributed by atoms with E-state index in [-0.39, 0.29) is 5.54 Å². The van der Waals surface area contributed by atoms with Crippen molar-refractivity contribution in [2.24, 2.45) is 16.6 Å². The Kier molecular flexibility index (Phi) is 4.97. The van der Waals surface area contributed by atoms with Crippen molar-refractivity contribution in [1.82, 2.24) is 9.80 Å². The number of guanidine groups is 1. The zero-order valence-electron chi connectivity index (χ0n) is 14.4. The first kappa shape index (κ1) is 16.3. The highest BCUT2D eigenvalue weighted by Crippen LogP contribution is 2.45. The van der Waals surface area contributed by atoms with E-state index in [0.717, 1.165) is 25.5 Å². The summed E-state index contributed by atoms with van der Waals surface area (Å²) < 4.78 is 0. The van der Waals surface area contributed by atoms with E-state index in [2.05, 4.69) is 44.7 Å². The zero-order chi connectivity index (χ0) is 15.6. The molecule has 4 nitrogen and oxygen atoms in total. The van der Waals surface area contributed by atoms with Crippen LogP contribution >= 0.6 is 0 Å². The molecule has 2 rings (SSSR count). The third-order valence-corrected chi connectivity index (χ3v) is 4.30. The maximum atomic E-state index is 6.26. The van der Waals surface area contributed by atoms with Gasteiger partial charge in [-0.25, -0.2) is 4.99 Å². The molecule has 0 aromatic rings. The van der Waals surface area contributed by atoms with Crippen molar-refractivity contribution in [2.45, 2.75) is 58.4 Å². The zero-order valence-corrected chi connectivity index (χ0v) is 14.4. The summed E-state index contributed by atoms with van der Waals surface area (Å²) >= 11 is 0. The van der Waals surface area contributed by atoms with E-state index in [1.807, 2.05) is 0 Å². The third-order valence-electron chi connectivity index (χ3n) is 4.30. The standard InChI is InChI=1S/C17H32N4/c1-13(2)12-17(3)15(14-8-9-14)21(16(18)19-17)11-7-6-10-20(4)5/h13H,6-12H2,1-5H3,(H2,18,19). The van der Waals surface area contributed by atoms with Gasteiger partial charge in [0, 0.05) is 12.2 Å². The van der Waals surface area contributed by atoms with Crippen LogP contribution in [0.3, 0.4) is 0 Å². The Hall–Kier alpha value is -1.03. The summed E-state index contributed by atoms with van der Waals surface area (Å²) in [7, 11) is 4.26. The highest BCUT2D eigenvalue weighted by Gasteiger charge is 2.43. The second-order valence-corrected chi connectivity index (χ2v) is 7.46. The molecule has 1 fully saturated rings. The lowest BCUT2D eigenvalue weighted by molar-refractivity contribution is 0.356. The minimum atomic E-state index is -0.0916. The smallest absolute Gasteiger partial charge is 0.196 e. The van der Waals surface area contributed by atoms with Crippen LogP contribution in [-0.4, -0.2) is 48.5 Å². The second-order valence-electron chi connectivity index (χ2n) is 7.46. The Labute approximate surface area is 130 Å². The Balaban J connectivity index is 2.05. The summed E-state index contributed by atoms with van der Waals surface area (Å²) in [5.74, 6) is 1.37. The molecule has 0 amide bonds. The second kappa shape index (κ2) is 6.39. The number of rotatable bonds is 7. The summed E-state index contributed by atoms with van der Waals surface area (Å²) in [6.45, 7) is 8.95. The normalized spacial score (nSPS) is 25.3. The van der Waals surface area contributed by atoms with Gasteiger partial charge in [0.25, 0.3) is 0 Å². The fourth-order valence-corrected chi connectivity index (χ4v) is 3.50. The molecule has 120 valence electrons. The molecule has 0 spiro atoms. The van der Waals surface area contributed by atoms with Crippen molar-refractivity contribution in [1.29, 1.82) is 0 Å². The SMILES string of the molecule is CC(C)CC1(C)N=C(N)N(CCCCN(C)C)C1=C1CC1. The van der Waals surface area contributed by atoms with E-state index in [0.29, 0.717) is 5.92 Å². The molecule has 4 heteroatoms. The summed E-state index contributed by atoms with van der Waals surface area (Å²) in [6.07, 6.45) is 5.93. The summed E-state index contributed by atoms with van der Waals surface area (Å²) in [5, 5.41) is 0. The molecule has 1 unspecified atom stereocenters. The molecule has 0 radical (unpaired) electrons. The number of allylic oxidation sites excluding steroid dienone is 1. The molecule has 2 N–H and O–H groups in total. The summed E-state index contributed by atoms with van der Waals surface area (Å²) in [5.41, 5.74) is 9.18. The van der Waals surface area contributed by atoms with Crippen LogP contribution < -0.4 is 5.73 Å². The van der Waals surface area contributed by atoms with Crippen LogP contribution in [0.25, 0.3) is 0 Å². The van der Waals surface area contributed by atoms with E-state index in [1.165, 1.54) is 31.4 Å². The first-order chi connectivity index (χ1) is 9.83. The molecular weight excluding hydrogens is 260 g/mol. The molecule has 1 atom stereocenters. The average Bonchev–Trinajstić information content (AvgIpc) is 3.11. The highest BCUT2D eigenvalue weighted by atomic mass is 15.3. The largest absolute Gasteiger partial charge is 0.369 e. The Morgan fingerprint density at radius 1 is 1.29 bits per heavy atom. The molecule has 2 aliphatic rings. The fraction of sp³-hybridized carbons (Fsp3) is 0.824. The van der Waals surface area contributed by atoms with Crippen molar-refractivity contribution in [3.63, 3.8) is 0 Å². The third kappa shape index (κ3) is 4.00. The van der Waals surface area contributed by atoms with Crippen LogP contribution in [-0.2, 0) is 0 Å². The predicted molar refractivity (Wildman–Crippen MR) is 90.2 cm³/mol. The molecule has 0 aromatic heterocycles. The predicted octanol–water partition coefficient (Wildman–Crippen LogP) is 2.81. The number of nitrogens with zero attached hydrogens (tertiary/aromatic N) is 3. The molecular formula is C17H32N4. The van der Waals surface area contributed by atoms with Gasteiger partial charge in [-0.15, -0.1) is 0 Å². The van der Waals surface area contributed by atoms with E-state index < -0.39 is 0 Å². The number of hydrogen-bond acceptors (Lipinski definition) is 4. The molecule has 1 saturated carbocycles. The van der Waals surface area contributed by atoms with Crippen molar-refractivity contribution in [3.05, 3.63) is 11.3 Å². The van der Waals surface area contributed by atoms with Crippen LogP contribution in [0, 0.1) is 5.92 Å². The minimum Gasteiger partial charge on any atom is -0.369 e. The van der Waals surface area contributed by atoms with Crippen LogP contribution in [0.2, 0.25) is 0 Å². The van der Waals surface area contributed by atoms with E-state index in [1.54, 1.807) is 5.57 Å².